The summed E-state index contributed by atoms with van der Waals surface area (Å²) in [6.07, 6.45) is 0. The Balaban J connectivity index is 1.21. The molecule has 0 saturated heterocycles. The van der Waals surface area contributed by atoms with E-state index in [0.29, 0.717) is 0 Å². The van der Waals surface area contributed by atoms with Gasteiger partial charge in [0.1, 0.15) is 11.2 Å². The maximum atomic E-state index is 6.81. The van der Waals surface area contributed by atoms with Crippen molar-refractivity contribution in [2.75, 3.05) is 0 Å². The monoisotopic (exact) mass is 650 g/mol. The molecule has 0 spiro atoms. The molecular formula is C48H30N2O. The fraction of sp³-hybridized carbons (Fsp3) is 0. The lowest BCUT2D eigenvalue weighted by molar-refractivity contribution is 0.670. The molecule has 0 aliphatic heterocycles. The van der Waals surface area contributed by atoms with Gasteiger partial charge in [0.2, 0.25) is 0 Å². The second kappa shape index (κ2) is 10.8. The van der Waals surface area contributed by atoms with E-state index < -0.39 is 0 Å². The van der Waals surface area contributed by atoms with Crippen molar-refractivity contribution in [1.29, 1.82) is 0 Å². The minimum Gasteiger partial charge on any atom is -0.455 e. The lowest BCUT2D eigenvalue weighted by atomic mass is 9.97. The molecule has 11 rings (SSSR count). The summed E-state index contributed by atoms with van der Waals surface area (Å²) in [5.41, 5.74) is 13.3. The van der Waals surface area contributed by atoms with Crippen LogP contribution in [0, 0.1) is 0 Å². The van der Waals surface area contributed by atoms with Gasteiger partial charge in [-0.3, -0.25) is 0 Å². The first-order valence-electron chi connectivity index (χ1n) is 17.4. The highest BCUT2D eigenvalue weighted by atomic mass is 16.3. The third kappa shape index (κ3) is 4.12. The predicted octanol–water partition coefficient (Wildman–Crippen LogP) is 13.1. The van der Waals surface area contributed by atoms with Gasteiger partial charge in [-0.1, -0.05) is 127 Å². The molecule has 0 unspecified atom stereocenters. The zero-order valence-corrected chi connectivity index (χ0v) is 27.6. The van der Waals surface area contributed by atoms with Gasteiger partial charge in [-0.15, -0.1) is 0 Å². The number of furan rings is 1. The standard InChI is InChI=1S/C48H30N2O/c1-2-13-31(14-3-1)32-15-12-16-33(29-32)35-27-28-44(47-40-20-7-11-24-46(40)51-48(35)47)50-43-23-10-6-19-38(43)39-26-25-34(30-45(39)50)49-41-21-8-4-17-36(41)37-18-5-9-22-42(37)49/h1-30H. The minimum absolute atomic E-state index is 0.882. The van der Waals surface area contributed by atoms with Gasteiger partial charge in [-0.2, -0.15) is 0 Å². The fourth-order valence-corrected chi connectivity index (χ4v) is 8.28. The summed E-state index contributed by atoms with van der Waals surface area (Å²) in [6.45, 7) is 0. The molecule has 238 valence electrons. The third-order valence-corrected chi connectivity index (χ3v) is 10.5. The molecule has 8 aromatic carbocycles. The molecule has 51 heavy (non-hydrogen) atoms. The Morgan fingerprint density at radius 1 is 0.353 bits per heavy atom. The summed E-state index contributed by atoms with van der Waals surface area (Å²) in [6, 6.07) is 65.4. The largest absolute Gasteiger partial charge is 0.455 e. The quantitative estimate of drug-likeness (QED) is 0.186. The van der Waals surface area contributed by atoms with Crippen LogP contribution < -0.4 is 0 Å². The first kappa shape index (κ1) is 28.0. The van der Waals surface area contributed by atoms with E-state index >= 15 is 0 Å². The molecule has 0 saturated carbocycles. The number of para-hydroxylation sites is 4. The zero-order valence-electron chi connectivity index (χ0n) is 27.6. The Bertz CT molecular complexity index is 3090. The van der Waals surface area contributed by atoms with E-state index in [1.54, 1.807) is 0 Å². The Morgan fingerprint density at radius 3 is 1.65 bits per heavy atom. The van der Waals surface area contributed by atoms with Crippen LogP contribution in [0.25, 0.3) is 99.2 Å². The smallest absolute Gasteiger partial charge is 0.145 e. The normalized spacial score (nSPS) is 11.9. The number of rotatable bonds is 4. The van der Waals surface area contributed by atoms with Crippen molar-refractivity contribution in [3.63, 3.8) is 0 Å². The molecule has 0 amide bonds. The maximum absolute atomic E-state index is 6.81. The molecule has 0 aliphatic rings. The van der Waals surface area contributed by atoms with Crippen LogP contribution >= 0.6 is 0 Å². The summed E-state index contributed by atoms with van der Waals surface area (Å²) in [7, 11) is 0. The van der Waals surface area contributed by atoms with E-state index in [-0.39, 0.29) is 0 Å². The van der Waals surface area contributed by atoms with Gasteiger partial charge >= 0.3 is 0 Å². The number of benzene rings is 8. The van der Waals surface area contributed by atoms with E-state index in [9.17, 15) is 0 Å². The Morgan fingerprint density at radius 2 is 0.922 bits per heavy atom. The van der Waals surface area contributed by atoms with Crippen molar-refractivity contribution >= 4 is 65.6 Å². The molecule has 0 radical (unpaired) electrons. The first-order chi connectivity index (χ1) is 25.3. The second-order valence-electron chi connectivity index (χ2n) is 13.3. The van der Waals surface area contributed by atoms with Gasteiger partial charge in [-0.05, 0) is 71.3 Å². The van der Waals surface area contributed by atoms with Gasteiger partial charge in [0, 0.05) is 38.2 Å². The topological polar surface area (TPSA) is 23.0 Å². The fourth-order valence-electron chi connectivity index (χ4n) is 8.28. The molecule has 3 aromatic heterocycles. The molecule has 0 aliphatic carbocycles. The average Bonchev–Trinajstić information content (AvgIpc) is 3.86. The molecule has 3 nitrogen and oxygen atoms in total. The molecule has 0 bridgehead atoms. The molecule has 3 heteroatoms. The lowest BCUT2D eigenvalue weighted by Gasteiger charge is -2.14. The number of aromatic nitrogens is 2. The van der Waals surface area contributed by atoms with Crippen LogP contribution in [-0.2, 0) is 0 Å². The molecule has 0 fully saturated rings. The molecule has 11 aromatic rings. The first-order valence-corrected chi connectivity index (χ1v) is 17.4. The van der Waals surface area contributed by atoms with Crippen LogP contribution in [-0.4, -0.2) is 9.13 Å². The van der Waals surface area contributed by atoms with E-state index in [1.165, 1.54) is 43.7 Å². The Labute approximate surface area is 293 Å². The summed E-state index contributed by atoms with van der Waals surface area (Å²) in [4.78, 5) is 0. The van der Waals surface area contributed by atoms with Crippen molar-refractivity contribution < 1.29 is 4.42 Å². The maximum Gasteiger partial charge on any atom is 0.145 e. The number of fused-ring (bicyclic) bond motifs is 9. The Kier molecular flexibility index (Phi) is 5.96. The van der Waals surface area contributed by atoms with Crippen LogP contribution in [0.5, 0.6) is 0 Å². The highest BCUT2D eigenvalue weighted by Crippen LogP contribution is 2.43. The van der Waals surface area contributed by atoms with Crippen molar-refractivity contribution in [3.05, 3.63) is 182 Å². The van der Waals surface area contributed by atoms with Crippen LogP contribution in [0.2, 0.25) is 0 Å². The van der Waals surface area contributed by atoms with Crippen LogP contribution in [0.15, 0.2) is 186 Å². The minimum atomic E-state index is 0.882. The van der Waals surface area contributed by atoms with Crippen molar-refractivity contribution in [2.24, 2.45) is 0 Å². The summed E-state index contributed by atoms with van der Waals surface area (Å²) >= 11 is 0. The van der Waals surface area contributed by atoms with Gasteiger partial charge in [0.15, 0.2) is 0 Å². The van der Waals surface area contributed by atoms with Gasteiger partial charge in [-0.25, -0.2) is 0 Å². The van der Waals surface area contributed by atoms with Crippen LogP contribution in [0.3, 0.4) is 0 Å². The predicted molar refractivity (Wildman–Crippen MR) is 213 cm³/mol. The van der Waals surface area contributed by atoms with Crippen LogP contribution in [0.1, 0.15) is 0 Å². The summed E-state index contributed by atoms with van der Waals surface area (Å²) in [5, 5.41) is 7.17. The summed E-state index contributed by atoms with van der Waals surface area (Å²) in [5.74, 6) is 0. The lowest BCUT2D eigenvalue weighted by Crippen LogP contribution is -1.98. The van der Waals surface area contributed by atoms with Crippen molar-refractivity contribution in [1.82, 2.24) is 9.13 Å². The Hall–Kier alpha value is -6.84. The van der Waals surface area contributed by atoms with Crippen LogP contribution in [0.4, 0.5) is 0 Å². The summed E-state index contributed by atoms with van der Waals surface area (Å²) < 4.78 is 11.6. The van der Waals surface area contributed by atoms with E-state index in [0.717, 1.165) is 55.5 Å². The average molecular weight is 651 g/mol. The highest BCUT2D eigenvalue weighted by Gasteiger charge is 2.22. The third-order valence-electron chi connectivity index (χ3n) is 10.5. The van der Waals surface area contributed by atoms with Gasteiger partial charge in [0.25, 0.3) is 0 Å². The van der Waals surface area contributed by atoms with Crippen molar-refractivity contribution in [2.45, 2.75) is 0 Å². The van der Waals surface area contributed by atoms with Gasteiger partial charge in [0.05, 0.1) is 33.1 Å². The van der Waals surface area contributed by atoms with E-state index in [4.69, 9.17) is 4.42 Å². The number of hydrogen-bond acceptors (Lipinski definition) is 1. The highest BCUT2D eigenvalue weighted by molar-refractivity contribution is 6.17. The zero-order chi connectivity index (χ0) is 33.5. The molecule has 0 atom stereocenters. The number of hydrogen-bond donors (Lipinski definition) is 0. The SMILES string of the molecule is c1ccc(-c2cccc(-c3ccc(-n4c5ccccc5c5ccc(-n6c7ccccc7c7ccccc76)cc54)c4c3oc3ccccc34)c2)cc1. The number of nitrogens with zero attached hydrogens (tertiary/aromatic N) is 2. The second-order valence-corrected chi connectivity index (χ2v) is 13.3. The van der Waals surface area contributed by atoms with E-state index in [1.807, 2.05) is 0 Å². The molecule has 3 heterocycles. The van der Waals surface area contributed by atoms with Gasteiger partial charge < -0.3 is 13.6 Å². The molecular weight excluding hydrogens is 621 g/mol. The van der Waals surface area contributed by atoms with Crippen molar-refractivity contribution in [3.8, 4) is 33.6 Å². The molecule has 0 N–H and O–H groups in total. The van der Waals surface area contributed by atoms with E-state index in [2.05, 4.69) is 191 Å².